The van der Waals surface area contributed by atoms with Crippen LogP contribution in [0.1, 0.15) is 21.5 Å². The smallest absolute Gasteiger partial charge is 0.336 e. The molecule has 34 heavy (non-hydrogen) atoms. The van der Waals surface area contributed by atoms with Crippen molar-refractivity contribution >= 4 is 39.3 Å². The first-order chi connectivity index (χ1) is 16.3. The van der Waals surface area contributed by atoms with E-state index in [4.69, 9.17) is 11.6 Å². The summed E-state index contributed by atoms with van der Waals surface area (Å²) >= 11 is 5.97. The SMILES string of the molecule is Cc1ccc(-n2c(=O)c3c(c4cc(C)ccc4n3C)n(CC(=O)c3ccc(Cl)cc3)c2=O)cc1. The van der Waals surface area contributed by atoms with Crippen molar-refractivity contribution in [1.29, 1.82) is 0 Å². The molecule has 0 fully saturated rings. The lowest BCUT2D eigenvalue weighted by Crippen LogP contribution is -2.40. The number of Topliss-reactive ketones (excluding diaryl/α,β-unsaturated/α-hetero) is 1. The maximum atomic E-state index is 13.8. The van der Waals surface area contributed by atoms with Gasteiger partial charge in [-0.3, -0.25) is 14.2 Å². The van der Waals surface area contributed by atoms with Crippen molar-refractivity contribution in [2.24, 2.45) is 7.05 Å². The minimum atomic E-state index is -0.558. The highest BCUT2D eigenvalue weighted by Crippen LogP contribution is 2.27. The molecule has 2 heterocycles. The Morgan fingerprint density at radius 3 is 2.18 bits per heavy atom. The summed E-state index contributed by atoms with van der Waals surface area (Å²) in [5.74, 6) is -0.251. The number of aryl methyl sites for hydroxylation is 3. The number of fused-ring (bicyclic) bond motifs is 3. The summed E-state index contributed by atoms with van der Waals surface area (Å²) in [6.07, 6.45) is 0. The number of halogens is 1. The molecule has 0 radical (unpaired) electrons. The van der Waals surface area contributed by atoms with E-state index in [-0.39, 0.29) is 12.3 Å². The molecular formula is C27H22ClN3O3. The highest BCUT2D eigenvalue weighted by Gasteiger charge is 2.22. The van der Waals surface area contributed by atoms with Gasteiger partial charge < -0.3 is 4.57 Å². The van der Waals surface area contributed by atoms with Gasteiger partial charge in [0.15, 0.2) is 5.78 Å². The van der Waals surface area contributed by atoms with Crippen LogP contribution in [-0.2, 0) is 13.6 Å². The van der Waals surface area contributed by atoms with Gasteiger partial charge in [-0.1, -0.05) is 40.9 Å². The number of hydrogen-bond acceptors (Lipinski definition) is 3. The van der Waals surface area contributed by atoms with Crippen LogP contribution in [0.25, 0.3) is 27.6 Å². The Kier molecular flexibility index (Phi) is 5.25. The fourth-order valence-electron chi connectivity index (χ4n) is 4.40. The molecule has 3 aromatic carbocycles. The molecule has 0 aliphatic carbocycles. The van der Waals surface area contributed by atoms with Crippen molar-refractivity contribution in [3.8, 4) is 5.69 Å². The number of aromatic nitrogens is 3. The molecule has 0 saturated carbocycles. The average Bonchev–Trinajstić information content (AvgIpc) is 3.10. The topological polar surface area (TPSA) is 66.0 Å². The third-order valence-corrected chi connectivity index (χ3v) is 6.44. The van der Waals surface area contributed by atoms with Crippen molar-refractivity contribution in [1.82, 2.24) is 13.7 Å². The molecule has 7 heteroatoms. The zero-order valence-electron chi connectivity index (χ0n) is 19.0. The Balaban J connectivity index is 1.86. The predicted octanol–water partition coefficient (Wildman–Crippen LogP) is 4.80. The van der Waals surface area contributed by atoms with Gasteiger partial charge in [0.25, 0.3) is 5.56 Å². The summed E-state index contributed by atoms with van der Waals surface area (Å²) in [6.45, 7) is 3.67. The van der Waals surface area contributed by atoms with Crippen molar-refractivity contribution in [2.45, 2.75) is 20.4 Å². The molecule has 5 rings (SSSR count). The number of carbonyl (C=O) groups excluding carboxylic acids is 1. The number of carbonyl (C=O) groups is 1. The second-order valence-electron chi connectivity index (χ2n) is 8.55. The van der Waals surface area contributed by atoms with Crippen molar-refractivity contribution in [3.05, 3.63) is 109 Å². The molecule has 0 aliphatic heterocycles. The molecule has 0 unspecified atom stereocenters. The molecule has 0 N–H and O–H groups in total. The van der Waals surface area contributed by atoms with Crippen molar-refractivity contribution < 1.29 is 4.79 Å². The molecule has 6 nitrogen and oxygen atoms in total. The van der Waals surface area contributed by atoms with Crippen molar-refractivity contribution in [3.63, 3.8) is 0 Å². The first kappa shape index (κ1) is 21.9. The van der Waals surface area contributed by atoms with Gasteiger partial charge in [-0.05, 0) is 62.4 Å². The van der Waals surface area contributed by atoms with Gasteiger partial charge in [-0.15, -0.1) is 0 Å². The summed E-state index contributed by atoms with van der Waals surface area (Å²) < 4.78 is 4.35. The third kappa shape index (κ3) is 3.47. The highest BCUT2D eigenvalue weighted by atomic mass is 35.5. The summed E-state index contributed by atoms with van der Waals surface area (Å²) in [5.41, 5.74) is 3.55. The Labute approximate surface area is 200 Å². The molecule has 0 bridgehead atoms. The zero-order chi connectivity index (χ0) is 24.1. The number of ketones is 1. The highest BCUT2D eigenvalue weighted by molar-refractivity contribution is 6.30. The van der Waals surface area contributed by atoms with Crippen LogP contribution in [-0.4, -0.2) is 19.5 Å². The monoisotopic (exact) mass is 471 g/mol. The molecular weight excluding hydrogens is 450 g/mol. The van der Waals surface area contributed by atoms with E-state index >= 15 is 0 Å². The number of nitrogens with zero attached hydrogens (tertiary/aromatic N) is 3. The quantitative estimate of drug-likeness (QED) is 0.354. The summed E-state index contributed by atoms with van der Waals surface area (Å²) in [7, 11) is 1.80. The van der Waals surface area contributed by atoms with Crippen LogP contribution in [0.15, 0.2) is 76.3 Å². The van der Waals surface area contributed by atoms with E-state index in [0.29, 0.717) is 27.3 Å². The Bertz CT molecular complexity index is 1710. The predicted molar refractivity (Wildman–Crippen MR) is 136 cm³/mol. The Hall–Kier alpha value is -3.90. The first-order valence-corrected chi connectivity index (χ1v) is 11.2. The Morgan fingerprint density at radius 2 is 1.50 bits per heavy atom. The first-order valence-electron chi connectivity index (χ1n) is 10.9. The largest absolute Gasteiger partial charge is 0.338 e. The van der Waals surface area contributed by atoms with Crippen LogP contribution in [0.5, 0.6) is 0 Å². The second kappa shape index (κ2) is 8.15. The summed E-state index contributed by atoms with van der Waals surface area (Å²) in [5, 5.41) is 1.28. The lowest BCUT2D eigenvalue weighted by atomic mass is 10.1. The molecule has 0 atom stereocenters. The van der Waals surface area contributed by atoms with Gasteiger partial charge in [0.05, 0.1) is 23.3 Å². The normalized spacial score (nSPS) is 11.4. The van der Waals surface area contributed by atoms with E-state index < -0.39 is 11.2 Å². The number of benzene rings is 3. The van der Waals surface area contributed by atoms with E-state index in [9.17, 15) is 14.4 Å². The van der Waals surface area contributed by atoms with Crippen LogP contribution < -0.4 is 11.2 Å². The van der Waals surface area contributed by atoms with E-state index in [1.807, 2.05) is 44.2 Å². The van der Waals surface area contributed by atoms with Crippen LogP contribution in [0.3, 0.4) is 0 Å². The molecule has 0 saturated heterocycles. The second-order valence-corrected chi connectivity index (χ2v) is 8.99. The van der Waals surface area contributed by atoms with Gasteiger partial charge >= 0.3 is 5.69 Å². The molecule has 2 aromatic heterocycles. The minimum Gasteiger partial charge on any atom is -0.338 e. The zero-order valence-corrected chi connectivity index (χ0v) is 19.8. The van der Waals surface area contributed by atoms with Crippen LogP contribution in [0.4, 0.5) is 0 Å². The van der Waals surface area contributed by atoms with Crippen molar-refractivity contribution in [2.75, 3.05) is 0 Å². The molecule has 170 valence electrons. The maximum absolute atomic E-state index is 13.8. The van der Waals surface area contributed by atoms with E-state index in [2.05, 4.69) is 0 Å². The van der Waals surface area contributed by atoms with E-state index in [1.165, 1.54) is 4.57 Å². The van der Waals surface area contributed by atoms with Crippen LogP contribution in [0, 0.1) is 13.8 Å². The number of hydrogen-bond donors (Lipinski definition) is 0. The van der Waals surface area contributed by atoms with E-state index in [0.717, 1.165) is 26.6 Å². The number of rotatable bonds is 4. The van der Waals surface area contributed by atoms with Gasteiger partial charge in [-0.2, -0.15) is 0 Å². The van der Waals surface area contributed by atoms with Gasteiger partial charge in [0, 0.05) is 23.0 Å². The third-order valence-electron chi connectivity index (χ3n) is 6.19. The molecule has 5 aromatic rings. The standard InChI is InChI=1S/C27H22ClN3O3/c1-16-4-11-20(12-5-16)31-26(33)25-24(21-14-17(2)6-13-22(21)29(25)3)30(27(31)34)15-23(32)18-7-9-19(28)10-8-18/h4-14H,15H2,1-3H3. The van der Waals surface area contributed by atoms with Gasteiger partial charge in [0.2, 0.25) is 0 Å². The lowest BCUT2D eigenvalue weighted by molar-refractivity contribution is 0.0971. The molecule has 0 spiro atoms. The molecule has 0 amide bonds. The molecule has 0 aliphatic rings. The fraction of sp³-hybridized carbons (Fsp3) is 0.148. The Morgan fingerprint density at radius 1 is 0.853 bits per heavy atom. The van der Waals surface area contributed by atoms with Crippen LogP contribution >= 0.6 is 11.6 Å². The average molecular weight is 472 g/mol. The maximum Gasteiger partial charge on any atom is 0.336 e. The van der Waals surface area contributed by atoms with Gasteiger partial charge in [0.1, 0.15) is 5.52 Å². The fourth-order valence-corrected chi connectivity index (χ4v) is 4.53. The van der Waals surface area contributed by atoms with Gasteiger partial charge in [-0.25, -0.2) is 9.36 Å². The summed E-state index contributed by atoms with van der Waals surface area (Å²) in [4.78, 5) is 40.7. The van der Waals surface area contributed by atoms with Crippen LogP contribution in [0.2, 0.25) is 5.02 Å². The van der Waals surface area contributed by atoms with E-state index in [1.54, 1.807) is 48.0 Å². The summed E-state index contributed by atoms with van der Waals surface area (Å²) in [6, 6.07) is 19.5. The minimum absolute atomic E-state index is 0.212. The lowest BCUT2D eigenvalue weighted by Gasteiger charge is -2.13.